The lowest BCUT2D eigenvalue weighted by atomic mass is 10.1. The van der Waals surface area contributed by atoms with Gasteiger partial charge < -0.3 is 19.5 Å². The quantitative estimate of drug-likeness (QED) is 0.796. The number of rotatable bonds is 7. The third-order valence-electron chi connectivity index (χ3n) is 5.19. The second-order valence-electron chi connectivity index (χ2n) is 6.85. The van der Waals surface area contributed by atoms with Crippen molar-refractivity contribution in [2.75, 3.05) is 20.2 Å². The van der Waals surface area contributed by atoms with Crippen LogP contribution in [-0.2, 0) is 19.5 Å². The summed E-state index contributed by atoms with van der Waals surface area (Å²) < 4.78 is 7.09. The van der Waals surface area contributed by atoms with Crippen molar-refractivity contribution in [2.45, 2.75) is 46.2 Å². The Balaban J connectivity index is 1.80. The van der Waals surface area contributed by atoms with Gasteiger partial charge >= 0.3 is 0 Å². The number of hydrogen-bond acceptors (Lipinski definition) is 4. The largest absolute Gasteiger partial charge is 0.497 e. The van der Waals surface area contributed by atoms with Crippen LogP contribution < -0.4 is 10.1 Å². The van der Waals surface area contributed by atoms with Crippen LogP contribution in [0.4, 0.5) is 0 Å². The zero-order valence-corrected chi connectivity index (χ0v) is 16.8. The lowest BCUT2D eigenvalue weighted by molar-refractivity contribution is 0.0754. The number of benzene rings is 1. The average Bonchev–Trinajstić information content (AvgIpc) is 3.13. The molecular weight excluding hydrogens is 356 g/mol. The summed E-state index contributed by atoms with van der Waals surface area (Å²) in [5, 5.41) is 2.93. The fraction of sp³-hybridized carbons (Fsp3) is 0.476. The maximum Gasteiger partial charge on any atom is 0.289 e. The number of amides is 2. The van der Waals surface area contributed by atoms with E-state index in [1.165, 1.54) is 0 Å². The zero-order valence-electron chi connectivity index (χ0n) is 16.8. The molecule has 2 amide bonds. The first kappa shape index (κ1) is 19.9. The van der Waals surface area contributed by atoms with Crippen molar-refractivity contribution < 1.29 is 14.3 Å². The van der Waals surface area contributed by atoms with Crippen molar-refractivity contribution in [2.24, 2.45) is 0 Å². The lowest BCUT2D eigenvalue weighted by Crippen LogP contribution is -2.33. The van der Waals surface area contributed by atoms with E-state index in [0.29, 0.717) is 31.2 Å². The summed E-state index contributed by atoms with van der Waals surface area (Å²) in [7, 11) is 1.62. The predicted octanol–water partition coefficient (Wildman–Crippen LogP) is 2.64. The van der Waals surface area contributed by atoms with Crippen LogP contribution in [0.25, 0.3) is 0 Å². The van der Waals surface area contributed by atoms with Crippen LogP contribution in [0.15, 0.2) is 24.3 Å². The summed E-state index contributed by atoms with van der Waals surface area (Å²) >= 11 is 0. The molecule has 0 fully saturated rings. The highest BCUT2D eigenvalue weighted by Gasteiger charge is 2.29. The first-order valence-electron chi connectivity index (χ1n) is 9.88. The standard InChI is InChI=1S/C21H28N4O3/c1-4-24(5-2)21(27)19-23-18(17-8-6-7-13-25(17)19)20(26)22-14-15-9-11-16(28-3)12-10-15/h9-12H,4-8,13-14H2,1-3H3,(H,22,26). The minimum Gasteiger partial charge on any atom is -0.497 e. The van der Waals surface area contributed by atoms with Crippen LogP contribution in [0.3, 0.4) is 0 Å². The third kappa shape index (κ3) is 4.03. The molecule has 0 radical (unpaired) electrons. The minimum atomic E-state index is -0.236. The van der Waals surface area contributed by atoms with Crippen LogP contribution >= 0.6 is 0 Å². The molecule has 3 rings (SSSR count). The maximum atomic E-state index is 12.9. The minimum absolute atomic E-state index is 0.109. The lowest BCUT2D eigenvalue weighted by Gasteiger charge is -2.21. The Morgan fingerprint density at radius 3 is 2.54 bits per heavy atom. The normalized spacial score (nSPS) is 13.0. The molecular formula is C21H28N4O3. The molecule has 1 aromatic heterocycles. The molecule has 0 aliphatic carbocycles. The first-order chi connectivity index (χ1) is 13.6. The average molecular weight is 384 g/mol. The van der Waals surface area contributed by atoms with Crippen molar-refractivity contribution in [3.8, 4) is 5.75 Å². The summed E-state index contributed by atoms with van der Waals surface area (Å²) in [6.45, 7) is 6.27. The Hall–Kier alpha value is -2.83. The van der Waals surface area contributed by atoms with E-state index in [9.17, 15) is 9.59 Å². The Labute approximate surface area is 165 Å². The number of fused-ring (bicyclic) bond motifs is 1. The van der Waals surface area contributed by atoms with Gasteiger partial charge in [0, 0.05) is 26.2 Å². The fourth-order valence-corrected chi connectivity index (χ4v) is 3.55. The topological polar surface area (TPSA) is 76.5 Å². The molecule has 0 atom stereocenters. The summed E-state index contributed by atoms with van der Waals surface area (Å²) in [5.74, 6) is 0.813. The molecule has 0 spiro atoms. The van der Waals surface area contributed by atoms with E-state index < -0.39 is 0 Å². The summed E-state index contributed by atoms with van der Waals surface area (Å²) in [5.41, 5.74) is 2.22. The number of carbonyl (C=O) groups excluding carboxylic acids is 2. The number of nitrogens with zero attached hydrogens (tertiary/aromatic N) is 3. The van der Waals surface area contributed by atoms with Crippen molar-refractivity contribution >= 4 is 11.8 Å². The van der Waals surface area contributed by atoms with Crippen molar-refractivity contribution in [3.05, 3.63) is 47.0 Å². The molecule has 0 saturated heterocycles. The molecule has 28 heavy (non-hydrogen) atoms. The number of hydrogen-bond donors (Lipinski definition) is 1. The predicted molar refractivity (Wildman–Crippen MR) is 107 cm³/mol. The second-order valence-corrected chi connectivity index (χ2v) is 6.85. The molecule has 2 aromatic rings. The molecule has 1 aliphatic heterocycles. The van der Waals surface area contributed by atoms with Crippen LogP contribution in [-0.4, -0.2) is 46.5 Å². The molecule has 7 nitrogen and oxygen atoms in total. The van der Waals surface area contributed by atoms with Gasteiger partial charge in [0.25, 0.3) is 11.8 Å². The Morgan fingerprint density at radius 2 is 1.89 bits per heavy atom. The van der Waals surface area contributed by atoms with Gasteiger partial charge in [-0.1, -0.05) is 12.1 Å². The number of ether oxygens (including phenoxy) is 1. The van der Waals surface area contributed by atoms with Crippen molar-refractivity contribution in [1.29, 1.82) is 0 Å². The number of carbonyl (C=O) groups is 2. The number of methoxy groups -OCH3 is 1. The molecule has 1 aromatic carbocycles. The third-order valence-corrected chi connectivity index (χ3v) is 5.19. The van der Waals surface area contributed by atoms with E-state index in [0.717, 1.165) is 42.8 Å². The highest BCUT2D eigenvalue weighted by atomic mass is 16.5. The summed E-state index contributed by atoms with van der Waals surface area (Å²) in [4.78, 5) is 31.9. The molecule has 150 valence electrons. The Kier molecular flexibility index (Phi) is 6.34. The van der Waals surface area contributed by atoms with Crippen LogP contribution in [0.5, 0.6) is 5.75 Å². The Morgan fingerprint density at radius 1 is 1.18 bits per heavy atom. The number of nitrogens with one attached hydrogen (secondary N) is 1. The summed E-state index contributed by atoms with van der Waals surface area (Å²) in [6.07, 6.45) is 2.77. The van der Waals surface area contributed by atoms with E-state index in [2.05, 4.69) is 10.3 Å². The highest BCUT2D eigenvalue weighted by Crippen LogP contribution is 2.22. The van der Waals surface area contributed by atoms with Crippen LogP contribution in [0, 0.1) is 0 Å². The first-order valence-corrected chi connectivity index (χ1v) is 9.88. The van der Waals surface area contributed by atoms with E-state index in [1.807, 2.05) is 42.7 Å². The smallest absolute Gasteiger partial charge is 0.289 e. The number of imidazole rings is 1. The zero-order chi connectivity index (χ0) is 20.1. The van der Waals surface area contributed by atoms with E-state index in [4.69, 9.17) is 4.74 Å². The van der Waals surface area contributed by atoms with Gasteiger partial charge in [0.2, 0.25) is 0 Å². The van der Waals surface area contributed by atoms with Gasteiger partial charge in [-0.25, -0.2) is 4.98 Å². The van der Waals surface area contributed by atoms with E-state index >= 15 is 0 Å². The van der Waals surface area contributed by atoms with Gasteiger partial charge in [0.15, 0.2) is 5.82 Å². The second kappa shape index (κ2) is 8.91. The van der Waals surface area contributed by atoms with Gasteiger partial charge in [-0.2, -0.15) is 0 Å². The van der Waals surface area contributed by atoms with Crippen LogP contribution in [0.2, 0.25) is 0 Å². The van der Waals surface area contributed by atoms with Gasteiger partial charge in [0.05, 0.1) is 12.8 Å². The van der Waals surface area contributed by atoms with E-state index in [1.54, 1.807) is 12.0 Å². The van der Waals surface area contributed by atoms with Gasteiger partial charge in [-0.3, -0.25) is 9.59 Å². The molecule has 0 unspecified atom stereocenters. The molecule has 7 heteroatoms. The summed E-state index contributed by atoms with van der Waals surface area (Å²) in [6, 6.07) is 7.55. The monoisotopic (exact) mass is 384 g/mol. The SMILES string of the molecule is CCN(CC)C(=O)c1nc(C(=O)NCc2ccc(OC)cc2)c2n1CCCC2. The Bertz CT molecular complexity index is 838. The van der Waals surface area contributed by atoms with Crippen molar-refractivity contribution in [1.82, 2.24) is 19.8 Å². The highest BCUT2D eigenvalue weighted by molar-refractivity contribution is 5.97. The molecule has 0 saturated carbocycles. The van der Waals surface area contributed by atoms with Crippen molar-refractivity contribution in [3.63, 3.8) is 0 Å². The van der Waals surface area contributed by atoms with Gasteiger partial charge in [0.1, 0.15) is 11.4 Å². The fourth-order valence-electron chi connectivity index (χ4n) is 3.55. The van der Waals surface area contributed by atoms with Gasteiger partial charge in [-0.15, -0.1) is 0 Å². The maximum absolute atomic E-state index is 12.9. The molecule has 0 bridgehead atoms. The van der Waals surface area contributed by atoms with Gasteiger partial charge in [-0.05, 0) is 50.8 Å². The number of aromatic nitrogens is 2. The molecule has 2 heterocycles. The van der Waals surface area contributed by atoms with E-state index in [-0.39, 0.29) is 11.8 Å². The molecule has 1 aliphatic rings. The molecule has 1 N–H and O–H groups in total. The van der Waals surface area contributed by atoms with Crippen LogP contribution in [0.1, 0.15) is 59.1 Å².